The van der Waals surface area contributed by atoms with E-state index in [1.807, 2.05) is 0 Å². The lowest BCUT2D eigenvalue weighted by Gasteiger charge is -2.11. The summed E-state index contributed by atoms with van der Waals surface area (Å²) in [7, 11) is 0. The highest BCUT2D eigenvalue weighted by Gasteiger charge is 2.38. The highest BCUT2D eigenvalue weighted by Crippen LogP contribution is 2.39. The van der Waals surface area contributed by atoms with Crippen LogP contribution in [0.3, 0.4) is 0 Å². The molecule has 32 heavy (non-hydrogen) atoms. The van der Waals surface area contributed by atoms with Gasteiger partial charge in [-0.25, -0.2) is 9.78 Å². The Bertz CT molecular complexity index is 1280. The lowest BCUT2D eigenvalue weighted by atomic mass is 10.1. The van der Waals surface area contributed by atoms with Crippen LogP contribution in [0.4, 0.5) is 18.9 Å². The normalized spacial score (nSPS) is 16.1. The summed E-state index contributed by atoms with van der Waals surface area (Å²) in [5.41, 5.74) is -1.39. The van der Waals surface area contributed by atoms with Crippen molar-refractivity contribution in [2.45, 2.75) is 12.2 Å². The number of hydrogen-bond donors (Lipinski definition) is 1. The molecular formula is C20H12F3N3O5S. The Labute approximate surface area is 181 Å². The Morgan fingerprint density at radius 2 is 1.88 bits per heavy atom. The number of aromatic nitrogens is 1. The molecule has 0 radical (unpaired) electrons. The first-order valence-corrected chi connectivity index (χ1v) is 9.98. The van der Waals surface area contributed by atoms with E-state index < -0.39 is 34.4 Å². The minimum atomic E-state index is -4.91. The fourth-order valence-electron chi connectivity index (χ4n) is 3.03. The molecule has 4 rings (SSSR count). The Balaban J connectivity index is 1.61. The zero-order valence-corrected chi connectivity index (χ0v) is 16.7. The number of hydrogen-bond acceptors (Lipinski definition) is 7. The van der Waals surface area contributed by atoms with Gasteiger partial charge in [-0.2, -0.15) is 13.2 Å². The number of carbonyl (C=O) groups is 1. The van der Waals surface area contributed by atoms with E-state index in [0.717, 1.165) is 12.1 Å². The van der Waals surface area contributed by atoms with Gasteiger partial charge in [0, 0.05) is 17.2 Å². The van der Waals surface area contributed by atoms with Crippen LogP contribution in [0.1, 0.15) is 11.3 Å². The SMILES string of the molecule is O=C(O)[C@H]1CSC(c2ccc3cc(Oc4ccc([N+](=O)[O-])c(C(F)(F)F)c4)ccc3n2)=N1. The highest BCUT2D eigenvalue weighted by atomic mass is 32.2. The maximum absolute atomic E-state index is 13.2. The zero-order chi connectivity index (χ0) is 23.0. The van der Waals surface area contributed by atoms with Gasteiger partial charge in [0.1, 0.15) is 22.1 Å². The summed E-state index contributed by atoms with van der Waals surface area (Å²) in [5.74, 6) is -0.669. The van der Waals surface area contributed by atoms with Crippen molar-refractivity contribution >= 4 is 39.4 Å². The van der Waals surface area contributed by atoms with Gasteiger partial charge >= 0.3 is 12.1 Å². The van der Waals surface area contributed by atoms with Crippen LogP contribution < -0.4 is 4.74 Å². The summed E-state index contributed by atoms with van der Waals surface area (Å²) < 4.78 is 45.0. The Kier molecular flexibility index (Phi) is 5.46. The summed E-state index contributed by atoms with van der Waals surface area (Å²) in [4.78, 5) is 29.4. The molecule has 0 amide bonds. The van der Waals surface area contributed by atoms with Crippen LogP contribution in [0.15, 0.2) is 53.5 Å². The number of nitrogens with zero attached hydrogens (tertiary/aromatic N) is 3. The standard InChI is InChI=1S/C20H12F3N3O5S/c21-20(22,23)13-8-12(3-6-17(13)26(29)30)31-11-2-5-14-10(7-11)1-4-15(24-14)18-25-16(9-32-18)19(27)28/h1-8,16H,9H2,(H,27,28)/t16-/m1/s1. The molecule has 1 aliphatic rings. The Morgan fingerprint density at radius 1 is 1.16 bits per heavy atom. The van der Waals surface area contributed by atoms with Crippen LogP contribution >= 0.6 is 11.8 Å². The molecule has 0 fully saturated rings. The van der Waals surface area contributed by atoms with E-state index in [4.69, 9.17) is 9.84 Å². The monoisotopic (exact) mass is 463 g/mol. The van der Waals surface area contributed by atoms with E-state index in [2.05, 4.69) is 9.98 Å². The summed E-state index contributed by atoms with van der Waals surface area (Å²) in [6.45, 7) is 0. The van der Waals surface area contributed by atoms with Gasteiger partial charge in [0.25, 0.3) is 5.69 Å². The minimum Gasteiger partial charge on any atom is -0.480 e. The number of benzene rings is 2. The van der Waals surface area contributed by atoms with Crippen molar-refractivity contribution in [2.75, 3.05) is 5.75 Å². The lowest BCUT2D eigenvalue weighted by molar-refractivity contribution is -0.388. The van der Waals surface area contributed by atoms with Crippen LogP contribution in [0, 0.1) is 10.1 Å². The molecule has 12 heteroatoms. The number of rotatable bonds is 5. The molecule has 0 saturated heterocycles. The van der Waals surface area contributed by atoms with Crippen molar-refractivity contribution in [3.8, 4) is 11.5 Å². The first-order chi connectivity index (χ1) is 15.1. The number of nitro benzene ring substituents is 1. The van der Waals surface area contributed by atoms with Gasteiger partial charge in [-0.15, -0.1) is 11.8 Å². The third kappa shape index (κ3) is 4.35. The van der Waals surface area contributed by atoms with Gasteiger partial charge in [-0.3, -0.25) is 15.1 Å². The molecule has 1 atom stereocenters. The number of carboxylic acid groups (broad SMARTS) is 1. The molecule has 164 valence electrons. The van der Waals surface area contributed by atoms with Gasteiger partial charge in [0.05, 0.1) is 16.1 Å². The van der Waals surface area contributed by atoms with Crippen molar-refractivity contribution in [2.24, 2.45) is 4.99 Å². The first kappa shape index (κ1) is 21.6. The predicted octanol–water partition coefficient (Wildman–Crippen LogP) is 4.90. The molecule has 0 bridgehead atoms. The van der Waals surface area contributed by atoms with E-state index in [1.54, 1.807) is 24.3 Å². The molecule has 2 aromatic carbocycles. The highest BCUT2D eigenvalue weighted by molar-refractivity contribution is 8.14. The van der Waals surface area contributed by atoms with Crippen molar-refractivity contribution in [3.05, 3.63) is 69.9 Å². The van der Waals surface area contributed by atoms with Crippen LogP contribution in [0.5, 0.6) is 11.5 Å². The van der Waals surface area contributed by atoms with Gasteiger partial charge < -0.3 is 9.84 Å². The number of pyridine rings is 1. The van der Waals surface area contributed by atoms with Crippen LogP contribution in [-0.4, -0.2) is 37.8 Å². The van der Waals surface area contributed by atoms with Gasteiger partial charge in [0.2, 0.25) is 0 Å². The summed E-state index contributed by atoms with van der Waals surface area (Å²) in [6, 6.07) is 9.63. The second-order valence-electron chi connectivity index (χ2n) is 6.69. The van der Waals surface area contributed by atoms with E-state index in [0.29, 0.717) is 33.5 Å². The first-order valence-electron chi connectivity index (χ1n) is 9.00. The van der Waals surface area contributed by atoms with Crippen LogP contribution in [-0.2, 0) is 11.0 Å². The Hall–Kier alpha value is -3.67. The number of carboxylic acids is 1. The average molecular weight is 463 g/mol. The predicted molar refractivity (Wildman–Crippen MR) is 110 cm³/mol. The number of aliphatic imine (C=N–C) groups is 1. The number of halogens is 3. The molecule has 8 nitrogen and oxygen atoms in total. The topological polar surface area (TPSA) is 115 Å². The molecular weight excluding hydrogens is 451 g/mol. The van der Waals surface area contributed by atoms with E-state index in [-0.39, 0.29) is 11.5 Å². The molecule has 1 aromatic heterocycles. The number of thioether (sulfide) groups is 1. The molecule has 2 heterocycles. The minimum absolute atomic E-state index is 0.205. The van der Waals surface area contributed by atoms with Crippen molar-refractivity contribution < 1.29 is 32.7 Å². The van der Waals surface area contributed by atoms with Gasteiger partial charge in [0.15, 0.2) is 6.04 Å². The number of alkyl halides is 3. The van der Waals surface area contributed by atoms with Crippen molar-refractivity contribution in [1.82, 2.24) is 4.98 Å². The number of fused-ring (bicyclic) bond motifs is 1. The van der Waals surface area contributed by atoms with Crippen LogP contribution in [0.25, 0.3) is 10.9 Å². The van der Waals surface area contributed by atoms with E-state index in [1.165, 1.54) is 17.8 Å². The second kappa shape index (κ2) is 8.11. The number of nitro groups is 1. The summed E-state index contributed by atoms with van der Waals surface area (Å²) in [5, 5.41) is 21.1. The number of ether oxygens (including phenoxy) is 1. The number of aliphatic carboxylic acids is 1. The smallest absolute Gasteiger partial charge is 0.423 e. The van der Waals surface area contributed by atoms with Gasteiger partial charge in [-0.1, -0.05) is 6.07 Å². The van der Waals surface area contributed by atoms with Crippen LogP contribution in [0.2, 0.25) is 0 Å². The molecule has 3 aromatic rings. The fraction of sp³-hybridized carbons (Fsp3) is 0.150. The summed E-state index contributed by atoms with van der Waals surface area (Å²) in [6.07, 6.45) is -4.91. The second-order valence-corrected chi connectivity index (χ2v) is 7.69. The molecule has 0 spiro atoms. The van der Waals surface area contributed by atoms with E-state index >= 15 is 0 Å². The van der Waals surface area contributed by atoms with E-state index in [9.17, 15) is 28.1 Å². The molecule has 0 aliphatic carbocycles. The van der Waals surface area contributed by atoms with Crippen molar-refractivity contribution in [3.63, 3.8) is 0 Å². The zero-order valence-electron chi connectivity index (χ0n) is 15.9. The third-order valence-corrected chi connectivity index (χ3v) is 5.59. The lowest BCUT2D eigenvalue weighted by Crippen LogP contribution is -2.17. The molecule has 0 saturated carbocycles. The summed E-state index contributed by atoms with van der Waals surface area (Å²) >= 11 is 1.29. The van der Waals surface area contributed by atoms with Crippen molar-refractivity contribution in [1.29, 1.82) is 0 Å². The largest absolute Gasteiger partial charge is 0.480 e. The maximum Gasteiger partial charge on any atom is 0.423 e. The third-order valence-electron chi connectivity index (χ3n) is 4.52. The Morgan fingerprint density at radius 3 is 2.53 bits per heavy atom. The van der Waals surface area contributed by atoms with Gasteiger partial charge in [-0.05, 0) is 36.4 Å². The average Bonchev–Trinajstić information content (AvgIpc) is 3.23. The molecule has 0 unspecified atom stereocenters. The molecule has 1 N–H and O–H groups in total. The fourth-order valence-corrected chi connectivity index (χ4v) is 4.02. The quantitative estimate of drug-likeness (QED) is 0.423. The maximum atomic E-state index is 13.2. The molecule has 1 aliphatic heterocycles.